The SMILES string of the molecule is CC/C=C/NCCNCCN=C([O-])/C=C/C(=O)O.[K+]. The molecule has 19 heavy (non-hydrogen) atoms. The van der Waals surface area contributed by atoms with Crippen molar-refractivity contribution in [3.8, 4) is 0 Å². The monoisotopic (exact) mass is 293 g/mol. The number of nitrogens with zero attached hydrogens (tertiary/aromatic N) is 1. The summed E-state index contributed by atoms with van der Waals surface area (Å²) >= 11 is 0. The van der Waals surface area contributed by atoms with Crippen molar-refractivity contribution in [1.29, 1.82) is 0 Å². The van der Waals surface area contributed by atoms with Crippen LogP contribution in [0.25, 0.3) is 0 Å². The van der Waals surface area contributed by atoms with Gasteiger partial charge in [-0.3, -0.25) is 4.99 Å². The Hall–Kier alpha value is -0.184. The van der Waals surface area contributed by atoms with Crippen LogP contribution in [0.5, 0.6) is 0 Å². The van der Waals surface area contributed by atoms with E-state index in [4.69, 9.17) is 5.11 Å². The fraction of sp³-hybridized carbons (Fsp3) is 0.500. The molecule has 6 nitrogen and oxygen atoms in total. The van der Waals surface area contributed by atoms with E-state index >= 15 is 0 Å². The van der Waals surface area contributed by atoms with Gasteiger partial charge in [-0.15, -0.1) is 0 Å². The molecule has 0 fully saturated rings. The van der Waals surface area contributed by atoms with E-state index in [0.29, 0.717) is 13.1 Å². The van der Waals surface area contributed by atoms with Gasteiger partial charge in [0.05, 0.1) is 6.54 Å². The van der Waals surface area contributed by atoms with Gasteiger partial charge in [-0.05, 0) is 24.6 Å². The molecule has 0 aliphatic rings. The van der Waals surface area contributed by atoms with Gasteiger partial charge in [-0.2, -0.15) is 0 Å². The van der Waals surface area contributed by atoms with Crippen molar-refractivity contribution in [2.75, 3.05) is 26.2 Å². The van der Waals surface area contributed by atoms with E-state index in [1.165, 1.54) is 0 Å². The van der Waals surface area contributed by atoms with Crippen LogP contribution in [0.3, 0.4) is 0 Å². The molecule has 0 radical (unpaired) electrons. The molecule has 0 aromatic carbocycles. The van der Waals surface area contributed by atoms with Crippen molar-refractivity contribution in [1.82, 2.24) is 10.6 Å². The number of nitrogens with one attached hydrogen (secondary N) is 2. The normalized spacial score (nSPS) is 11.7. The maximum absolute atomic E-state index is 11.0. The zero-order chi connectivity index (χ0) is 13.6. The molecule has 0 aromatic heterocycles. The van der Waals surface area contributed by atoms with Gasteiger partial charge in [0.25, 0.3) is 0 Å². The summed E-state index contributed by atoms with van der Waals surface area (Å²) < 4.78 is 0. The van der Waals surface area contributed by atoms with Gasteiger partial charge in [0.15, 0.2) is 0 Å². The van der Waals surface area contributed by atoms with E-state index in [1.54, 1.807) is 0 Å². The predicted octanol–water partition coefficient (Wildman–Crippen LogP) is -3.51. The van der Waals surface area contributed by atoms with Crippen LogP contribution >= 0.6 is 0 Å². The molecule has 0 spiro atoms. The van der Waals surface area contributed by atoms with Crippen LogP contribution in [0.1, 0.15) is 13.3 Å². The molecule has 0 aliphatic carbocycles. The summed E-state index contributed by atoms with van der Waals surface area (Å²) in [7, 11) is 0. The van der Waals surface area contributed by atoms with Crippen LogP contribution in [-0.2, 0) is 4.79 Å². The van der Waals surface area contributed by atoms with Crippen molar-refractivity contribution in [3.63, 3.8) is 0 Å². The number of aliphatic carboxylic acids is 1. The van der Waals surface area contributed by atoms with Crippen molar-refractivity contribution >= 4 is 11.9 Å². The number of carbonyl (C=O) groups is 1. The Labute approximate surface area is 156 Å². The third-order valence-corrected chi connectivity index (χ3v) is 1.84. The molecular weight excluding hydrogens is 273 g/mol. The molecule has 0 aromatic rings. The minimum atomic E-state index is -1.15. The van der Waals surface area contributed by atoms with Gasteiger partial charge in [-0.1, -0.05) is 13.0 Å². The minimum Gasteiger partial charge on any atom is -0.859 e. The van der Waals surface area contributed by atoms with Gasteiger partial charge < -0.3 is 20.8 Å². The second kappa shape index (κ2) is 15.9. The number of allylic oxidation sites excluding steroid dienone is 1. The molecule has 102 valence electrons. The second-order valence-electron chi connectivity index (χ2n) is 3.41. The first kappa shape index (κ1) is 21.1. The molecule has 0 amide bonds. The summed E-state index contributed by atoms with van der Waals surface area (Å²) in [6, 6.07) is 0. The molecule has 0 saturated heterocycles. The average Bonchev–Trinajstić information content (AvgIpc) is 2.34. The summed E-state index contributed by atoms with van der Waals surface area (Å²) in [6.07, 6.45) is 6.67. The molecule has 0 bridgehead atoms. The zero-order valence-electron chi connectivity index (χ0n) is 11.6. The Morgan fingerprint density at radius 2 is 2.05 bits per heavy atom. The van der Waals surface area contributed by atoms with Gasteiger partial charge in [0, 0.05) is 25.7 Å². The summed E-state index contributed by atoms with van der Waals surface area (Å²) in [5.41, 5.74) is 0. The van der Waals surface area contributed by atoms with Crippen LogP contribution in [-0.4, -0.2) is 43.2 Å². The third-order valence-electron chi connectivity index (χ3n) is 1.84. The molecule has 0 saturated carbocycles. The van der Waals surface area contributed by atoms with Crippen LogP contribution in [0.2, 0.25) is 0 Å². The smallest absolute Gasteiger partial charge is 0.859 e. The first-order valence-corrected chi connectivity index (χ1v) is 5.88. The third kappa shape index (κ3) is 17.8. The van der Waals surface area contributed by atoms with Crippen LogP contribution < -0.4 is 67.1 Å². The molecule has 0 atom stereocenters. The average molecular weight is 293 g/mol. The van der Waals surface area contributed by atoms with E-state index in [2.05, 4.69) is 22.5 Å². The van der Waals surface area contributed by atoms with Crippen LogP contribution in [0.15, 0.2) is 29.4 Å². The Morgan fingerprint density at radius 1 is 1.32 bits per heavy atom. The fourth-order valence-electron chi connectivity index (χ4n) is 1.01. The topological polar surface area (TPSA) is 96.8 Å². The van der Waals surface area contributed by atoms with Crippen molar-refractivity contribution in [2.24, 2.45) is 4.99 Å². The van der Waals surface area contributed by atoms with Crippen molar-refractivity contribution in [2.45, 2.75) is 13.3 Å². The molecular formula is C12H20KN3O3. The summed E-state index contributed by atoms with van der Waals surface area (Å²) in [6.45, 7) is 4.58. The first-order chi connectivity index (χ1) is 8.66. The van der Waals surface area contributed by atoms with E-state index in [0.717, 1.165) is 31.7 Å². The largest absolute Gasteiger partial charge is 1.00 e. The van der Waals surface area contributed by atoms with Gasteiger partial charge in [0.1, 0.15) is 0 Å². The van der Waals surface area contributed by atoms with E-state index in [1.807, 2.05) is 12.3 Å². The Morgan fingerprint density at radius 3 is 2.68 bits per heavy atom. The number of rotatable bonds is 10. The number of aliphatic imine (C=N–C) groups is 1. The molecule has 7 heteroatoms. The molecule has 0 rings (SSSR count). The van der Waals surface area contributed by atoms with E-state index in [9.17, 15) is 9.90 Å². The van der Waals surface area contributed by atoms with Crippen LogP contribution in [0.4, 0.5) is 0 Å². The zero-order valence-corrected chi connectivity index (χ0v) is 14.7. The second-order valence-corrected chi connectivity index (χ2v) is 3.41. The maximum atomic E-state index is 11.0. The number of hydrogen-bond acceptors (Lipinski definition) is 5. The Balaban J connectivity index is 0. The number of carboxylic acids is 1. The summed E-state index contributed by atoms with van der Waals surface area (Å²) in [4.78, 5) is 13.8. The number of carboxylic acid groups (broad SMARTS) is 1. The Kier molecular flexibility index (Phi) is 17.6. The maximum Gasteiger partial charge on any atom is 1.00 e. The van der Waals surface area contributed by atoms with Gasteiger partial charge in [-0.25, -0.2) is 4.79 Å². The van der Waals surface area contributed by atoms with Gasteiger partial charge >= 0.3 is 57.4 Å². The van der Waals surface area contributed by atoms with Gasteiger partial charge in [0.2, 0.25) is 0 Å². The summed E-state index contributed by atoms with van der Waals surface area (Å²) in [5.74, 6) is -1.67. The van der Waals surface area contributed by atoms with E-state index < -0.39 is 11.9 Å². The van der Waals surface area contributed by atoms with E-state index in [-0.39, 0.29) is 51.4 Å². The molecule has 3 N–H and O–H groups in total. The summed E-state index contributed by atoms with van der Waals surface area (Å²) in [5, 5.41) is 25.5. The first-order valence-electron chi connectivity index (χ1n) is 5.88. The minimum absolute atomic E-state index is 0. The predicted molar refractivity (Wildman–Crippen MR) is 69.4 cm³/mol. The van der Waals surface area contributed by atoms with Crippen molar-refractivity contribution < 1.29 is 66.4 Å². The van der Waals surface area contributed by atoms with Crippen LogP contribution in [0, 0.1) is 0 Å². The molecule has 0 aliphatic heterocycles. The molecule has 0 heterocycles. The fourth-order valence-corrected chi connectivity index (χ4v) is 1.01. The standard InChI is InChI=1S/C12H21N3O3.K/c1-2-3-6-13-7-8-14-9-10-15-11(16)4-5-12(17)18;/h3-6,13-14H,2,7-10H2,1H3,(H,15,16)(H,17,18);/q;+1/p-1/b5-4+,6-3+;. The quantitative estimate of drug-likeness (QED) is 0.128. The Bertz CT molecular complexity index is 317. The van der Waals surface area contributed by atoms with Crippen molar-refractivity contribution in [3.05, 3.63) is 24.4 Å². The molecule has 0 unspecified atom stereocenters. The number of hydrogen-bond donors (Lipinski definition) is 3.